The minimum Gasteiger partial charge on any atom is -0.484 e. The minimum atomic E-state index is -0.795. The predicted octanol–water partition coefficient (Wildman–Crippen LogP) is 2.48. The Morgan fingerprint density at radius 3 is 2.77 bits per heavy atom. The highest BCUT2D eigenvalue weighted by molar-refractivity contribution is 6.32. The highest BCUT2D eigenvalue weighted by atomic mass is 35.5. The number of nitrogens with zero attached hydrogens (tertiary/aromatic N) is 1. The second kappa shape index (κ2) is 10.3. The molecule has 0 spiro atoms. The van der Waals surface area contributed by atoms with Crippen LogP contribution in [-0.2, 0) is 14.3 Å². The van der Waals surface area contributed by atoms with Crippen molar-refractivity contribution in [2.45, 2.75) is 13.0 Å². The summed E-state index contributed by atoms with van der Waals surface area (Å²) < 4.78 is 15.9. The molecular weight excluding hydrogens is 424 g/mol. The van der Waals surface area contributed by atoms with Gasteiger partial charge in [0.2, 0.25) is 5.91 Å². The first-order valence-electron chi connectivity index (χ1n) is 9.68. The summed E-state index contributed by atoms with van der Waals surface area (Å²) >= 11 is 6.05. The van der Waals surface area contributed by atoms with E-state index in [1.807, 2.05) is 0 Å². The maximum Gasteiger partial charge on any atom is 0.265 e. The number of anilines is 1. The summed E-state index contributed by atoms with van der Waals surface area (Å²) in [4.78, 5) is 39.0. The SMILES string of the molecule is COCCNC(=O)[C@H](C)N1C(=O)COc2ccc(C(=O)COc3ccccc3Cl)cc21. The molecule has 1 heterocycles. The van der Waals surface area contributed by atoms with Crippen LogP contribution in [0.2, 0.25) is 5.02 Å². The molecule has 164 valence electrons. The van der Waals surface area contributed by atoms with E-state index in [2.05, 4.69) is 5.32 Å². The number of Topliss-reactive ketones (excluding diaryl/α,β-unsaturated/α-hetero) is 1. The van der Waals surface area contributed by atoms with Gasteiger partial charge in [-0.05, 0) is 37.3 Å². The van der Waals surface area contributed by atoms with Crippen molar-refractivity contribution in [3.63, 3.8) is 0 Å². The molecule has 2 aromatic rings. The van der Waals surface area contributed by atoms with Gasteiger partial charge in [-0.25, -0.2) is 0 Å². The van der Waals surface area contributed by atoms with E-state index in [0.717, 1.165) is 0 Å². The van der Waals surface area contributed by atoms with Crippen LogP contribution in [0.4, 0.5) is 5.69 Å². The zero-order chi connectivity index (χ0) is 22.4. The smallest absolute Gasteiger partial charge is 0.265 e. The van der Waals surface area contributed by atoms with E-state index in [0.29, 0.717) is 40.9 Å². The van der Waals surface area contributed by atoms with Crippen molar-refractivity contribution in [3.8, 4) is 11.5 Å². The minimum absolute atomic E-state index is 0.189. The number of rotatable bonds is 9. The van der Waals surface area contributed by atoms with Crippen LogP contribution in [-0.4, -0.2) is 57.1 Å². The molecule has 3 rings (SSSR count). The molecule has 2 aromatic carbocycles. The maximum absolute atomic E-state index is 12.7. The van der Waals surface area contributed by atoms with Crippen LogP contribution in [0.1, 0.15) is 17.3 Å². The van der Waals surface area contributed by atoms with Crippen LogP contribution in [0, 0.1) is 0 Å². The van der Waals surface area contributed by atoms with Crippen molar-refractivity contribution >= 4 is 34.9 Å². The number of carbonyl (C=O) groups excluding carboxylic acids is 3. The summed E-state index contributed by atoms with van der Waals surface area (Å²) in [6, 6.07) is 10.8. The van der Waals surface area contributed by atoms with Gasteiger partial charge in [-0.3, -0.25) is 19.3 Å². The Morgan fingerprint density at radius 1 is 1.26 bits per heavy atom. The molecule has 9 heteroatoms. The van der Waals surface area contributed by atoms with Crippen LogP contribution in [0.25, 0.3) is 0 Å². The zero-order valence-corrected chi connectivity index (χ0v) is 18.0. The number of ketones is 1. The summed E-state index contributed by atoms with van der Waals surface area (Å²) in [7, 11) is 1.53. The molecule has 2 amide bonds. The van der Waals surface area contributed by atoms with Crippen molar-refractivity contribution < 1.29 is 28.6 Å². The number of ether oxygens (including phenoxy) is 3. The second-order valence-electron chi connectivity index (χ2n) is 6.84. The quantitative estimate of drug-likeness (QED) is 0.470. The standard InChI is InChI=1S/C22H23ClN2O6/c1-14(22(28)24-9-10-29-2)25-17-11-15(7-8-20(17)31-13-21(25)27)18(26)12-30-19-6-4-3-5-16(19)23/h3-8,11,14H,9-10,12-13H2,1-2H3,(H,24,28)/t14-/m0/s1. The molecule has 0 aromatic heterocycles. The molecule has 0 unspecified atom stereocenters. The van der Waals surface area contributed by atoms with E-state index >= 15 is 0 Å². The molecule has 0 radical (unpaired) electrons. The number of halogens is 1. The molecule has 31 heavy (non-hydrogen) atoms. The lowest BCUT2D eigenvalue weighted by Crippen LogP contribution is -2.51. The summed E-state index contributed by atoms with van der Waals surface area (Å²) in [5, 5.41) is 3.12. The third kappa shape index (κ3) is 5.34. The number of amides is 2. The lowest BCUT2D eigenvalue weighted by atomic mass is 10.1. The van der Waals surface area contributed by atoms with E-state index < -0.39 is 6.04 Å². The fourth-order valence-electron chi connectivity index (χ4n) is 3.10. The predicted molar refractivity (Wildman–Crippen MR) is 115 cm³/mol. The van der Waals surface area contributed by atoms with Gasteiger partial charge in [0.1, 0.15) is 17.5 Å². The maximum atomic E-state index is 12.7. The number of hydrogen-bond acceptors (Lipinski definition) is 6. The highest BCUT2D eigenvalue weighted by Crippen LogP contribution is 2.34. The first-order valence-corrected chi connectivity index (χ1v) is 10.1. The Labute approximate surface area is 185 Å². The topological polar surface area (TPSA) is 94.2 Å². The zero-order valence-electron chi connectivity index (χ0n) is 17.2. The van der Waals surface area contributed by atoms with Gasteiger partial charge in [0.15, 0.2) is 19.0 Å². The number of fused-ring (bicyclic) bond motifs is 1. The van der Waals surface area contributed by atoms with Gasteiger partial charge in [-0.2, -0.15) is 0 Å². The van der Waals surface area contributed by atoms with E-state index in [4.69, 9.17) is 25.8 Å². The van der Waals surface area contributed by atoms with Crippen molar-refractivity contribution in [2.75, 3.05) is 38.4 Å². The molecule has 8 nitrogen and oxygen atoms in total. The second-order valence-corrected chi connectivity index (χ2v) is 7.24. The molecule has 1 N–H and O–H groups in total. The lowest BCUT2D eigenvalue weighted by molar-refractivity contribution is -0.127. The Morgan fingerprint density at radius 2 is 2.03 bits per heavy atom. The average Bonchev–Trinajstić information content (AvgIpc) is 2.77. The van der Waals surface area contributed by atoms with E-state index in [1.54, 1.807) is 43.3 Å². The fourth-order valence-corrected chi connectivity index (χ4v) is 3.29. The van der Waals surface area contributed by atoms with Crippen molar-refractivity contribution in [2.24, 2.45) is 0 Å². The van der Waals surface area contributed by atoms with Gasteiger partial charge in [-0.1, -0.05) is 23.7 Å². The summed E-state index contributed by atoms with van der Waals surface area (Å²) in [5.41, 5.74) is 0.676. The number of methoxy groups -OCH3 is 1. The van der Waals surface area contributed by atoms with E-state index in [9.17, 15) is 14.4 Å². The number of para-hydroxylation sites is 1. The van der Waals surface area contributed by atoms with Crippen LogP contribution in [0.15, 0.2) is 42.5 Å². The largest absolute Gasteiger partial charge is 0.484 e. The van der Waals surface area contributed by atoms with Crippen LogP contribution in [0.3, 0.4) is 0 Å². The van der Waals surface area contributed by atoms with Gasteiger partial charge in [0.25, 0.3) is 5.91 Å². The van der Waals surface area contributed by atoms with Crippen LogP contribution >= 0.6 is 11.6 Å². The molecule has 1 aliphatic rings. The Bertz CT molecular complexity index is 980. The third-order valence-electron chi connectivity index (χ3n) is 4.73. The van der Waals surface area contributed by atoms with Crippen molar-refractivity contribution in [1.82, 2.24) is 5.32 Å². The highest BCUT2D eigenvalue weighted by Gasteiger charge is 2.33. The van der Waals surface area contributed by atoms with Gasteiger partial charge in [-0.15, -0.1) is 0 Å². The van der Waals surface area contributed by atoms with Gasteiger partial charge in [0, 0.05) is 19.2 Å². The van der Waals surface area contributed by atoms with Crippen LogP contribution in [0.5, 0.6) is 11.5 Å². The van der Waals surface area contributed by atoms with Gasteiger partial charge >= 0.3 is 0 Å². The first kappa shape index (κ1) is 22.6. The third-order valence-corrected chi connectivity index (χ3v) is 5.04. The van der Waals surface area contributed by atoms with E-state index in [-0.39, 0.29) is 30.8 Å². The monoisotopic (exact) mass is 446 g/mol. The van der Waals surface area contributed by atoms with Crippen LogP contribution < -0.4 is 19.7 Å². The Hall–Kier alpha value is -3.10. The molecular formula is C22H23ClN2O6. The van der Waals surface area contributed by atoms with Gasteiger partial charge in [0.05, 0.1) is 17.3 Å². The molecule has 0 saturated heterocycles. The molecule has 1 atom stereocenters. The fraction of sp³-hybridized carbons (Fsp3) is 0.318. The molecule has 0 saturated carbocycles. The molecule has 1 aliphatic heterocycles. The van der Waals surface area contributed by atoms with Gasteiger partial charge < -0.3 is 19.5 Å². The number of benzene rings is 2. The van der Waals surface area contributed by atoms with Crippen molar-refractivity contribution in [1.29, 1.82) is 0 Å². The molecule has 0 aliphatic carbocycles. The first-order chi connectivity index (χ1) is 14.9. The number of hydrogen-bond donors (Lipinski definition) is 1. The summed E-state index contributed by atoms with van der Waals surface area (Å²) in [6.45, 7) is 1.87. The summed E-state index contributed by atoms with van der Waals surface area (Å²) in [6.07, 6.45) is 0. The Kier molecular flexibility index (Phi) is 7.49. The summed E-state index contributed by atoms with van der Waals surface area (Å²) in [5.74, 6) is -0.203. The van der Waals surface area contributed by atoms with Crippen molar-refractivity contribution in [3.05, 3.63) is 53.1 Å². The lowest BCUT2D eigenvalue weighted by Gasteiger charge is -2.33. The average molecular weight is 447 g/mol. The normalized spacial score (nSPS) is 13.8. The molecule has 0 bridgehead atoms. The molecule has 0 fully saturated rings. The number of nitrogens with one attached hydrogen (secondary N) is 1. The van der Waals surface area contributed by atoms with E-state index in [1.165, 1.54) is 18.1 Å². The number of carbonyl (C=O) groups is 3. The Balaban J connectivity index is 1.78.